The molecular formula is C29H28N2O6. The lowest BCUT2D eigenvalue weighted by molar-refractivity contribution is -0.148. The first-order valence-corrected chi connectivity index (χ1v) is 12.2. The van der Waals surface area contributed by atoms with E-state index in [1.54, 1.807) is 55.6 Å². The Morgan fingerprint density at radius 3 is 2.19 bits per heavy atom. The van der Waals surface area contributed by atoms with Crippen molar-refractivity contribution < 1.29 is 29.0 Å². The summed E-state index contributed by atoms with van der Waals surface area (Å²) in [5, 5.41) is 13.8. The maximum atomic E-state index is 13.9. The molecule has 2 aliphatic rings. The first-order chi connectivity index (χ1) is 17.9. The molecule has 190 valence electrons. The van der Waals surface area contributed by atoms with E-state index in [2.05, 4.69) is 5.32 Å². The lowest BCUT2D eigenvalue weighted by atomic mass is 9.76. The molecule has 4 atom stereocenters. The van der Waals surface area contributed by atoms with E-state index in [4.69, 9.17) is 9.47 Å². The fourth-order valence-electron chi connectivity index (χ4n) is 5.57. The van der Waals surface area contributed by atoms with Gasteiger partial charge in [0.25, 0.3) is 0 Å². The van der Waals surface area contributed by atoms with E-state index < -0.39 is 41.2 Å². The van der Waals surface area contributed by atoms with Gasteiger partial charge in [-0.25, -0.2) is 4.90 Å². The number of ether oxygens (including phenoxy) is 2. The molecular weight excluding hydrogens is 472 g/mol. The fourth-order valence-corrected chi connectivity index (χ4v) is 5.57. The van der Waals surface area contributed by atoms with Gasteiger partial charge in [-0.1, -0.05) is 42.5 Å². The van der Waals surface area contributed by atoms with Gasteiger partial charge in [0.2, 0.25) is 11.8 Å². The van der Waals surface area contributed by atoms with E-state index in [1.165, 1.54) is 0 Å². The molecule has 37 heavy (non-hydrogen) atoms. The molecule has 0 spiro atoms. The van der Waals surface area contributed by atoms with Gasteiger partial charge in [0, 0.05) is 12.5 Å². The Hall–Kier alpha value is -4.17. The predicted molar refractivity (Wildman–Crippen MR) is 136 cm³/mol. The zero-order chi connectivity index (χ0) is 26.2. The fraction of sp³-hybridized carbons (Fsp3) is 0.276. The van der Waals surface area contributed by atoms with E-state index in [-0.39, 0.29) is 6.42 Å². The Kier molecular flexibility index (Phi) is 6.43. The highest BCUT2D eigenvalue weighted by Gasteiger charge is 2.68. The highest BCUT2D eigenvalue weighted by molar-refractivity contribution is 6.24. The molecule has 3 aromatic rings. The summed E-state index contributed by atoms with van der Waals surface area (Å²) in [4.78, 5) is 41.9. The monoisotopic (exact) mass is 500 g/mol. The standard InChI is InChI=1S/C29H28N2O6/c1-3-37-22-15-11-20(12-16-22)31-26(32)23-24(27(31)33)29(28(34)35,17-18-7-5-4-6-8-18)30-25(23)19-9-13-21(36-2)14-10-19/h4-16,23-25,30H,3,17H2,1-2H3,(H,34,35)/t23-,24-,25-,29-/m0/s1. The van der Waals surface area contributed by atoms with Crippen molar-refractivity contribution in [2.45, 2.75) is 24.9 Å². The highest BCUT2D eigenvalue weighted by Crippen LogP contribution is 2.51. The van der Waals surface area contributed by atoms with Crippen LogP contribution in [0.5, 0.6) is 11.5 Å². The van der Waals surface area contributed by atoms with Crippen molar-refractivity contribution >= 4 is 23.5 Å². The first-order valence-electron chi connectivity index (χ1n) is 12.2. The number of nitrogens with zero attached hydrogens (tertiary/aromatic N) is 1. The number of carboxylic acid groups (broad SMARTS) is 1. The van der Waals surface area contributed by atoms with Gasteiger partial charge < -0.3 is 14.6 Å². The third-order valence-corrected chi connectivity index (χ3v) is 7.24. The number of hydrogen-bond donors (Lipinski definition) is 2. The number of carbonyl (C=O) groups excluding carboxylic acids is 2. The van der Waals surface area contributed by atoms with Gasteiger partial charge in [-0.2, -0.15) is 0 Å². The minimum absolute atomic E-state index is 0.0487. The molecule has 5 rings (SSSR count). The van der Waals surface area contributed by atoms with E-state index in [1.807, 2.05) is 37.3 Å². The number of amides is 2. The number of carbonyl (C=O) groups is 3. The van der Waals surface area contributed by atoms with Gasteiger partial charge in [-0.15, -0.1) is 0 Å². The maximum absolute atomic E-state index is 13.9. The molecule has 0 unspecified atom stereocenters. The van der Waals surface area contributed by atoms with E-state index >= 15 is 0 Å². The minimum Gasteiger partial charge on any atom is -0.497 e. The van der Waals surface area contributed by atoms with Crippen LogP contribution in [-0.2, 0) is 20.8 Å². The number of fused-ring (bicyclic) bond motifs is 1. The Morgan fingerprint density at radius 2 is 1.59 bits per heavy atom. The molecule has 2 saturated heterocycles. The number of rotatable bonds is 8. The highest BCUT2D eigenvalue weighted by atomic mass is 16.5. The normalized spacial score (nSPS) is 24.7. The summed E-state index contributed by atoms with van der Waals surface area (Å²) in [5.41, 5.74) is 0.178. The molecule has 2 fully saturated rings. The van der Waals surface area contributed by atoms with Crippen LogP contribution in [0.25, 0.3) is 0 Å². The molecule has 8 nitrogen and oxygen atoms in total. The lowest BCUT2D eigenvalue weighted by Gasteiger charge is -2.31. The van der Waals surface area contributed by atoms with Crippen molar-refractivity contribution in [2.75, 3.05) is 18.6 Å². The number of benzene rings is 3. The van der Waals surface area contributed by atoms with E-state index in [0.29, 0.717) is 29.4 Å². The van der Waals surface area contributed by atoms with Crippen LogP contribution in [0.15, 0.2) is 78.9 Å². The molecule has 0 saturated carbocycles. The lowest BCUT2D eigenvalue weighted by Crippen LogP contribution is -2.57. The SMILES string of the molecule is CCOc1ccc(N2C(=O)[C@H]3[C@@H](C2=O)[C@@](Cc2ccccc2)(C(=O)O)N[C@H]3c2ccc(OC)cc2)cc1. The smallest absolute Gasteiger partial charge is 0.325 e. The Morgan fingerprint density at radius 1 is 0.946 bits per heavy atom. The Labute approximate surface area is 214 Å². The summed E-state index contributed by atoms with van der Waals surface area (Å²) in [6.07, 6.45) is 0.0487. The average molecular weight is 501 g/mol. The molecule has 2 aliphatic heterocycles. The Bertz CT molecular complexity index is 1310. The number of aliphatic carboxylic acids is 1. The number of carboxylic acids is 1. The van der Waals surface area contributed by atoms with Crippen molar-refractivity contribution in [3.8, 4) is 11.5 Å². The topological polar surface area (TPSA) is 105 Å². The summed E-state index contributed by atoms with van der Waals surface area (Å²) < 4.78 is 10.8. The van der Waals surface area contributed by atoms with Crippen LogP contribution in [0.3, 0.4) is 0 Å². The Balaban J connectivity index is 1.60. The molecule has 0 bridgehead atoms. The first kappa shape index (κ1) is 24.5. The van der Waals surface area contributed by atoms with Crippen molar-refractivity contribution in [3.63, 3.8) is 0 Å². The molecule has 8 heteroatoms. The molecule has 2 heterocycles. The van der Waals surface area contributed by atoms with E-state index in [0.717, 1.165) is 10.5 Å². The number of nitrogens with one attached hydrogen (secondary N) is 1. The van der Waals surface area contributed by atoms with Gasteiger partial charge in [0.1, 0.15) is 17.0 Å². The molecule has 0 aliphatic carbocycles. The zero-order valence-electron chi connectivity index (χ0n) is 20.6. The van der Waals surface area contributed by atoms with Crippen LogP contribution < -0.4 is 19.7 Å². The zero-order valence-corrected chi connectivity index (χ0v) is 20.6. The molecule has 3 aromatic carbocycles. The van der Waals surface area contributed by atoms with Gasteiger partial charge in [0.05, 0.1) is 31.2 Å². The van der Waals surface area contributed by atoms with Crippen LogP contribution >= 0.6 is 0 Å². The van der Waals surface area contributed by atoms with Crippen molar-refractivity contribution in [3.05, 3.63) is 90.0 Å². The van der Waals surface area contributed by atoms with Crippen LogP contribution in [0.1, 0.15) is 24.1 Å². The van der Waals surface area contributed by atoms with Crippen LogP contribution in [0, 0.1) is 11.8 Å². The van der Waals surface area contributed by atoms with Crippen molar-refractivity contribution in [2.24, 2.45) is 11.8 Å². The maximum Gasteiger partial charge on any atom is 0.325 e. The van der Waals surface area contributed by atoms with Gasteiger partial charge in [0.15, 0.2) is 0 Å². The van der Waals surface area contributed by atoms with Crippen LogP contribution in [-0.4, -0.2) is 42.1 Å². The predicted octanol–water partition coefficient (Wildman–Crippen LogP) is 3.61. The minimum atomic E-state index is -1.68. The van der Waals surface area contributed by atoms with Gasteiger partial charge >= 0.3 is 5.97 Å². The second kappa shape index (κ2) is 9.71. The van der Waals surface area contributed by atoms with Crippen molar-refractivity contribution in [1.29, 1.82) is 0 Å². The number of imide groups is 1. The number of methoxy groups -OCH3 is 1. The van der Waals surface area contributed by atoms with Crippen molar-refractivity contribution in [1.82, 2.24) is 5.32 Å². The third-order valence-electron chi connectivity index (χ3n) is 7.24. The third kappa shape index (κ3) is 4.13. The number of hydrogen-bond acceptors (Lipinski definition) is 6. The van der Waals surface area contributed by atoms with Crippen LogP contribution in [0.4, 0.5) is 5.69 Å². The summed E-state index contributed by atoms with van der Waals surface area (Å²) in [5.74, 6) is -2.87. The quantitative estimate of drug-likeness (QED) is 0.455. The number of anilines is 1. The molecule has 2 amide bonds. The van der Waals surface area contributed by atoms with Gasteiger partial charge in [-0.05, 0) is 54.4 Å². The van der Waals surface area contributed by atoms with Gasteiger partial charge in [-0.3, -0.25) is 19.7 Å². The second-order valence-corrected chi connectivity index (χ2v) is 9.28. The summed E-state index contributed by atoms with van der Waals surface area (Å²) in [7, 11) is 1.56. The summed E-state index contributed by atoms with van der Waals surface area (Å²) >= 11 is 0. The summed E-state index contributed by atoms with van der Waals surface area (Å²) in [6, 6.07) is 22.3. The largest absolute Gasteiger partial charge is 0.497 e. The van der Waals surface area contributed by atoms with E-state index in [9.17, 15) is 19.5 Å². The molecule has 0 aromatic heterocycles. The molecule has 0 radical (unpaired) electrons. The van der Waals surface area contributed by atoms with Crippen LogP contribution in [0.2, 0.25) is 0 Å². The summed E-state index contributed by atoms with van der Waals surface area (Å²) in [6.45, 7) is 2.36. The average Bonchev–Trinajstić information content (AvgIpc) is 3.39. The molecule has 2 N–H and O–H groups in total. The second-order valence-electron chi connectivity index (χ2n) is 9.28.